The molecule has 0 radical (unpaired) electrons. The minimum Gasteiger partial charge on any atom is -0.462 e. The monoisotopic (exact) mass is 750 g/mol. The first kappa shape index (κ1) is 50.8. The molecular weight excluding hydrogens is 671 g/mol. The number of unbranched alkanes of at least 4 members (excludes halogenated alkanes) is 14. The van der Waals surface area contributed by atoms with Crippen LogP contribution in [0.1, 0.15) is 168 Å². The van der Waals surface area contributed by atoms with Gasteiger partial charge in [-0.2, -0.15) is 0 Å². The van der Waals surface area contributed by atoms with E-state index in [2.05, 4.69) is 62.5 Å². The van der Waals surface area contributed by atoms with E-state index in [-0.39, 0.29) is 24.9 Å². The summed E-state index contributed by atoms with van der Waals surface area (Å²) in [7, 11) is 0. The van der Waals surface area contributed by atoms with Crippen LogP contribution in [0.25, 0.3) is 0 Å². The summed E-state index contributed by atoms with van der Waals surface area (Å²) in [6.07, 6.45) is 53.3. The zero-order chi connectivity index (χ0) is 39.6. The Labute approximate surface area is 331 Å². The van der Waals surface area contributed by atoms with Gasteiger partial charge in [-0.05, 0) is 57.8 Å². The molecule has 0 saturated heterocycles. The highest BCUT2D eigenvalue weighted by Gasteiger charge is 2.23. The molecule has 1 amide bonds. The maximum atomic E-state index is 13.1. The van der Waals surface area contributed by atoms with E-state index in [9.17, 15) is 19.8 Å². The van der Waals surface area contributed by atoms with E-state index >= 15 is 0 Å². The smallest absolute Gasteiger partial charge is 0.306 e. The molecule has 6 heteroatoms. The van der Waals surface area contributed by atoms with E-state index in [4.69, 9.17) is 4.74 Å². The number of rotatable bonds is 36. The van der Waals surface area contributed by atoms with Crippen molar-refractivity contribution >= 4 is 11.9 Å². The molecule has 3 unspecified atom stereocenters. The van der Waals surface area contributed by atoms with Crippen molar-refractivity contribution in [3.05, 3.63) is 97.2 Å². The van der Waals surface area contributed by atoms with Crippen LogP contribution in [0.4, 0.5) is 0 Å². The van der Waals surface area contributed by atoms with Crippen LogP contribution >= 0.6 is 0 Å². The molecule has 0 spiro atoms. The molecule has 6 nitrogen and oxygen atoms in total. The van der Waals surface area contributed by atoms with Gasteiger partial charge < -0.3 is 20.3 Å². The molecule has 0 saturated carbocycles. The summed E-state index contributed by atoms with van der Waals surface area (Å²) in [6.45, 7) is 6.12. The van der Waals surface area contributed by atoms with Crippen LogP contribution in [0, 0.1) is 0 Å². The fourth-order valence-electron chi connectivity index (χ4n) is 5.87. The average Bonchev–Trinajstić information content (AvgIpc) is 3.16. The topological polar surface area (TPSA) is 95.9 Å². The number of aliphatic hydroxyl groups is 2. The summed E-state index contributed by atoms with van der Waals surface area (Å²) >= 11 is 0. The maximum Gasteiger partial charge on any atom is 0.306 e. The van der Waals surface area contributed by atoms with Gasteiger partial charge in [0.05, 0.1) is 25.2 Å². The van der Waals surface area contributed by atoms with Gasteiger partial charge in [-0.3, -0.25) is 9.59 Å². The van der Waals surface area contributed by atoms with Crippen molar-refractivity contribution in [2.75, 3.05) is 6.61 Å². The van der Waals surface area contributed by atoms with Crippen LogP contribution in [0.3, 0.4) is 0 Å². The van der Waals surface area contributed by atoms with Gasteiger partial charge in [0.1, 0.15) is 6.10 Å². The van der Waals surface area contributed by atoms with Crippen molar-refractivity contribution in [1.29, 1.82) is 0 Å². The number of carbonyl (C=O) groups excluding carboxylic acids is 2. The van der Waals surface area contributed by atoms with Crippen LogP contribution < -0.4 is 5.32 Å². The van der Waals surface area contributed by atoms with Crippen molar-refractivity contribution in [2.24, 2.45) is 0 Å². The molecule has 0 fully saturated rings. The minimum atomic E-state index is -0.812. The Kier molecular flexibility index (Phi) is 38.5. The summed E-state index contributed by atoms with van der Waals surface area (Å²) in [5.74, 6) is -0.584. The van der Waals surface area contributed by atoms with Crippen LogP contribution in [0.5, 0.6) is 0 Å². The maximum absolute atomic E-state index is 13.1. The number of esters is 1. The van der Waals surface area contributed by atoms with Crippen LogP contribution in [0.2, 0.25) is 0 Å². The SMILES string of the molecule is CC/C=C/C=C/C=C\C=C/CCCC(CC(=O)NC(CO)C(O)CCCCCCCCCCC)OC(=O)CCCCCCC\C=C/C=C/C=C/C=C/CC. The first-order valence-electron chi connectivity index (χ1n) is 21.6. The average molecular weight is 750 g/mol. The molecule has 0 bridgehead atoms. The fraction of sp³-hybridized carbons (Fsp3) is 0.625. The lowest BCUT2D eigenvalue weighted by Gasteiger charge is -2.24. The fourth-order valence-corrected chi connectivity index (χ4v) is 5.87. The highest BCUT2D eigenvalue weighted by atomic mass is 16.5. The largest absolute Gasteiger partial charge is 0.462 e. The van der Waals surface area contributed by atoms with Gasteiger partial charge in [0.25, 0.3) is 0 Å². The number of ether oxygens (including phenoxy) is 1. The summed E-state index contributed by atoms with van der Waals surface area (Å²) in [5.41, 5.74) is 0. The van der Waals surface area contributed by atoms with Gasteiger partial charge >= 0.3 is 5.97 Å². The molecule has 3 N–H and O–H groups in total. The van der Waals surface area contributed by atoms with E-state index in [1.807, 2.05) is 60.8 Å². The Morgan fingerprint density at radius 2 is 1.02 bits per heavy atom. The second kappa shape index (κ2) is 41.0. The van der Waals surface area contributed by atoms with Crippen LogP contribution in [0.15, 0.2) is 97.2 Å². The first-order valence-corrected chi connectivity index (χ1v) is 21.6. The Morgan fingerprint density at radius 1 is 0.556 bits per heavy atom. The Balaban J connectivity index is 4.75. The van der Waals surface area contributed by atoms with Crippen molar-refractivity contribution < 1.29 is 24.5 Å². The summed E-state index contributed by atoms with van der Waals surface area (Å²) < 4.78 is 5.84. The molecule has 0 aliphatic rings. The molecule has 0 aliphatic carbocycles. The highest BCUT2D eigenvalue weighted by molar-refractivity contribution is 5.77. The van der Waals surface area contributed by atoms with E-state index in [0.29, 0.717) is 19.3 Å². The van der Waals surface area contributed by atoms with E-state index in [1.54, 1.807) is 0 Å². The third kappa shape index (κ3) is 35.8. The van der Waals surface area contributed by atoms with E-state index < -0.39 is 18.2 Å². The molecule has 0 aliphatic heterocycles. The zero-order valence-corrected chi connectivity index (χ0v) is 34.6. The molecule has 54 heavy (non-hydrogen) atoms. The predicted molar refractivity (Wildman–Crippen MR) is 231 cm³/mol. The lowest BCUT2D eigenvalue weighted by atomic mass is 10.0. The number of hydrogen-bond donors (Lipinski definition) is 3. The van der Waals surface area contributed by atoms with Crippen LogP contribution in [-0.4, -0.2) is 46.9 Å². The van der Waals surface area contributed by atoms with Gasteiger partial charge in [-0.15, -0.1) is 0 Å². The van der Waals surface area contributed by atoms with Gasteiger partial charge in [0, 0.05) is 6.42 Å². The molecule has 3 atom stereocenters. The van der Waals surface area contributed by atoms with Crippen molar-refractivity contribution in [3.63, 3.8) is 0 Å². The molecule has 306 valence electrons. The number of aliphatic hydroxyl groups excluding tert-OH is 2. The van der Waals surface area contributed by atoms with E-state index in [0.717, 1.165) is 83.5 Å². The summed E-state index contributed by atoms with van der Waals surface area (Å²) in [6, 6.07) is -0.730. The third-order valence-electron chi connectivity index (χ3n) is 9.10. The molecule has 0 aromatic carbocycles. The second-order valence-electron chi connectivity index (χ2n) is 14.2. The standard InChI is InChI=1S/C48H79NO5/c1-4-7-10-13-16-19-21-22-23-24-26-29-32-35-38-41-48(53)54-44(39-36-33-30-28-25-20-17-14-11-8-5-2)42-47(52)49-45(43-50)46(51)40-37-34-31-27-18-15-12-9-6-3/h7-8,10-11,13-14,16-17,19-23,25,28,30,44-46,50-51H,4-6,9,12,15,18,24,26-27,29,31-43H2,1-3H3,(H,49,52)/b10-7+,11-8+,16-13+,17-14+,21-19+,23-22-,25-20-,30-28-. The lowest BCUT2D eigenvalue weighted by molar-refractivity contribution is -0.151. The Morgan fingerprint density at radius 3 is 1.56 bits per heavy atom. The number of allylic oxidation sites excluding steroid dienone is 16. The molecule has 0 rings (SSSR count). The molecule has 0 aromatic rings. The number of carbonyl (C=O) groups is 2. The number of amides is 1. The quantitative estimate of drug-likeness (QED) is 0.0337. The Bertz CT molecular complexity index is 1110. The summed E-state index contributed by atoms with van der Waals surface area (Å²) in [5, 5.41) is 23.5. The normalized spacial score (nSPS) is 14.4. The van der Waals surface area contributed by atoms with Crippen LogP contribution in [-0.2, 0) is 14.3 Å². The highest BCUT2D eigenvalue weighted by Crippen LogP contribution is 2.16. The molecule has 0 heterocycles. The molecule has 0 aromatic heterocycles. The first-order chi connectivity index (χ1) is 26.5. The summed E-state index contributed by atoms with van der Waals surface area (Å²) in [4.78, 5) is 25.9. The minimum absolute atomic E-state index is 0.0155. The van der Waals surface area contributed by atoms with Gasteiger partial charge in [-0.25, -0.2) is 0 Å². The van der Waals surface area contributed by atoms with Crippen molar-refractivity contribution in [1.82, 2.24) is 5.32 Å². The van der Waals surface area contributed by atoms with E-state index in [1.165, 1.54) is 38.5 Å². The second-order valence-corrected chi connectivity index (χ2v) is 14.2. The van der Waals surface area contributed by atoms with Gasteiger partial charge in [0.15, 0.2) is 0 Å². The van der Waals surface area contributed by atoms with Gasteiger partial charge in [-0.1, -0.05) is 195 Å². The molecular formula is C48H79NO5. The predicted octanol–water partition coefficient (Wildman–Crippen LogP) is 12.2. The van der Waals surface area contributed by atoms with Gasteiger partial charge in [0.2, 0.25) is 5.91 Å². The zero-order valence-electron chi connectivity index (χ0n) is 34.6. The lowest BCUT2D eigenvalue weighted by Crippen LogP contribution is -2.46. The van der Waals surface area contributed by atoms with Crippen molar-refractivity contribution in [3.8, 4) is 0 Å². The van der Waals surface area contributed by atoms with Crippen molar-refractivity contribution in [2.45, 2.75) is 187 Å². The Hall–Kier alpha value is -3.22. The number of nitrogens with one attached hydrogen (secondary N) is 1. The third-order valence-corrected chi connectivity index (χ3v) is 9.10. The number of hydrogen-bond acceptors (Lipinski definition) is 5.